The fourth-order valence-corrected chi connectivity index (χ4v) is 4.64. The molecule has 0 saturated carbocycles. The Labute approximate surface area is 235 Å². The molecular formula is C27H26F7N5O3. The molecule has 0 fully saturated rings. The Bertz CT molecular complexity index is 1410. The second-order valence-corrected chi connectivity index (χ2v) is 9.50. The van der Waals surface area contributed by atoms with Crippen LogP contribution < -0.4 is 14.8 Å². The van der Waals surface area contributed by atoms with Gasteiger partial charge in [0, 0.05) is 12.8 Å². The van der Waals surface area contributed by atoms with Crippen LogP contribution in [0.3, 0.4) is 0 Å². The molecule has 1 amide bonds. The zero-order valence-electron chi connectivity index (χ0n) is 22.2. The first-order valence-corrected chi connectivity index (χ1v) is 12.9. The molecule has 0 spiro atoms. The minimum absolute atomic E-state index is 0.0554. The zero-order valence-corrected chi connectivity index (χ0v) is 22.2. The van der Waals surface area contributed by atoms with Gasteiger partial charge in [0.15, 0.2) is 17.1 Å². The maximum atomic E-state index is 15.0. The number of ether oxygens (including phenoxy) is 2. The minimum atomic E-state index is -5.09. The molecule has 0 bridgehead atoms. The molecule has 3 aromatic rings. The Morgan fingerprint density at radius 1 is 0.976 bits per heavy atom. The fraction of sp³-hybridized carbons (Fsp3) is 0.407. The molecule has 1 unspecified atom stereocenters. The topological polar surface area (TPSA) is 102 Å². The lowest BCUT2D eigenvalue weighted by Gasteiger charge is -2.41. The van der Waals surface area contributed by atoms with Gasteiger partial charge >= 0.3 is 12.4 Å². The van der Waals surface area contributed by atoms with Crippen LogP contribution in [0.25, 0.3) is 11.1 Å². The SMILES string of the molecule is CCOc1ccc(C2=C(c3nn[nH]n3)C(=O)NC(c3ccc(OCCCCCC(F)(F)F)c(F)c3)(C(F)(F)F)C2)cc1. The smallest absolute Gasteiger partial charge is 0.416 e. The first-order valence-electron chi connectivity index (χ1n) is 12.9. The monoisotopic (exact) mass is 601 g/mol. The molecule has 0 aliphatic carbocycles. The number of carbonyl (C=O) groups is 1. The molecular weight excluding hydrogens is 575 g/mol. The highest BCUT2D eigenvalue weighted by Gasteiger charge is 2.60. The van der Waals surface area contributed by atoms with Crippen molar-refractivity contribution >= 4 is 17.1 Å². The predicted octanol–water partition coefficient (Wildman–Crippen LogP) is 6.13. The standard InChI is InChI=1S/C27H26F7N5O3/c1-2-41-18-9-6-16(7-10-18)19-15-25(27(32,33)34,35-24(40)22(19)23-36-38-39-37-23)17-8-11-21(20(28)14-17)42-13-5-3-4-12-26(29,30)31/h6-11,14H,2-5,12-13,15H2,1H3,(H,35,40)(H,36,37,38,39). The van der Waals surface area contributed by atoms with E-state index in [1.807, 2.05) is 5.32 Å². The van der Waals surface area contributed by atoms with Gasteiger partial charge in [-0.3, -0.25) is 4.79 Å². The molecule has 226 valence electrons. The van der Waals surface area contributed by atoms with Crippen molar-refractivity contribution in [1.82, 2.24) is 25.9 Å². The number of nitrogens with one attached hydrogen (secondary N) is 2. The summed E-state index contributed by atoms with van der Waals surface area (Å²) in [4.78, 5) is 13.3. The van der Waals surface area contributed by atoms with E-state index in [0.29, 0.717) is 18.4 Å². The number of tetrazole rings is 1. The number of halogens is 7. The third-order valence-corrected chi connectivity index (χ3v) is 6.65. The van der Waals surface area contributed by atoms with E-state index >= 15 is 4.39 Å². The molecule has 2 heterocycles. The summed E-state index contributed by atoms with van der Waals surface area (Å²) in [6, 6.07) is 8.67. The Morgan fingerprint density at radius 2 is 1.71 bits per heavy atom. The predicted molar refractivity (Wildman–Crippen MR) is 136 cm³/mol. The average Bonchev–Trinajstić information content (AvgIpc) is 3.44. The first-order chi connectivity index (χ1) is 19.8. The average molecular weight is 602 g/mol. The number of alkyl halides is 6. The number of amides is 1. The van der Waals surface area contributed by atoms with E-state index in [2.05, 4.69) is 20.6 Å². The summed E-state index contributed by atoms with van der Waals surface area (Å²) in [6.45, 7) is 2.00. The number of aromatic nitrogens is 4. The van der Waals surface area contributed by atoms with Crippen LogP contribution in [0.2, 0.25) is 0 Å². The maximum Gasteiger partial charge on any atom is 0.416 e. The van der Waals surface area contributed by atoms with Crippen LogP contribution in [0.5, 0.6) is 11.5 Å². The van der Waals surface area contributed by atoms with E-state index in [4.69, 9.17) is 9.47 Å². The summed E-state index contributed by atoms with van der Waals surface area (Å²) in [7, 11) is 0. The molecule has 2 aromatic carbocycles. The summed E-state index contributed by atoms with van der Waals surface area (Å²) in [5, 5.41) is 15.2. The zero-order chi connectivity index (χ0) is 30.5. The Morgan fingerprint density at radius 3 is 2.31 bits per heavy atom. The lowest BCUT2D eigenvalue weighted by Crippen LogP contribution is -2.58. The number of nitrogens with zero attached hydrogens (tertiary/aromatic N) is 3. The van der Waals surface area contributed by atoms with Gasteiger partial charge in [-0.2, -0.15) is 31.6 Å². The largest absolute Gasteiger partial charge is 0.494 e. The number of carbonyl (C=O) groups excluding carboxylic acids is 1. The third-order valence-electron chi connectivity index (χ3n) is 6.65. The minimum Gasteiger partial charge on any atom is -0.494 e. The molecule has 2 N–H and O–H groups in total. The molecule has 15 heteroatoms. The van der Waals surface area contributed by atoms with E-state index in [0.717, 1.165) is 12.1 Å². The van der Waals surface area contributed by atoms with Gasteiger partial charge in [-0.05, 0) is 72.4 Å². The van der Waals surface area contributed by atoms with Crippen LogP contribution in [-0.4, -0.2) is 52.1 Å². The van der Waals surface area contributed by atoms with Gasteiger partial charge in [0.2, 0.25) is 5.82 Å². The lowest BCUT2D eigenvalue weighted by molar-refractivity contribution is -0.201. The normalized spacial score (nSPS) is 17.8. The van der Waals surface area contributed by atoms with Crippen molar-refractivity contribution in [2.24, 2.45) is 0 Å². The Kier molecular flexibility index (Phi) is 9.06. The fourth-order valence-electron chi connectivity index (χ4n) is 4.64. The van der Waals surface area contributed by atoms with Crippen LogP contribution in [0.15, 0.2) is 42.5 Å². The highest BCUT2D eigenvalue weighted by molar-refractivity contribution is 6.27. The number of hydrogen-bond acceptors (Lipinski definition) is 6. The van der Waals surface area contributed by atoms with Crippen LogP contribution in [0.4, 0.5) is 30.7 Å². The summed E-state index contributed by atoms with van der Waals surface area (Å²) in [6.07, 6.45) is -10.9. The molecule has 1 aliphatic rings. The second kappa shape index (κ2) is 12.4. The molecule has 0 radical (unpaired) electrons. The highest BCUT2D eigenvalue weighted by Crippen LogP contribution is 2.50. The number of H-pyrrole nitrogens is 1. The molecule has 1 atom stereocenters. The van der Waals surface area contributed by atoms with E-state index in [-0.39, 0.29) is 54.2 Å². The molecule has 8 nitrogen and oxygen atoms in total. The van der Waals surface area contributed by atoms with Gasteiger partial charge in [0.1, 0.15) is 5.75 Å². The van der Waals surface area contributed by atoms with Gasteiger partial charge in [-0.25, -0.2) is 4.39 Å². The molecule has 4 rings (SSSR count). The maximum absolute atomic E-state index is 15.0. The number of aromatic amines is 1. The van der Waals surface area contributed by atoms with Crippen molar-refractivity contribution in [2.45, 2.75) is 56.9 Å². The number of rotatable bonds is 11. The molecule has 0 saturated heterocycles. The van der Waals surface area contributed by atoms with Crippen molar-refractivity contribution in [3.05, 3.63) is 65.2 Å². The second-order valence-electron chi connectivity index (χ2n) is 9.50. The van der Waals surface area contributed by atoms with Gasteiger partial charge in [-0.15, -0.1) is 10.2 Å². The van der Waals surface area contributed by atoms with Crippen LogP contribution >= 0.6 is 0 Å². The molecule has 1 aliphatic heterocycles. The Hall–Kier alpha value is -4.17. The van der Waals surface area contributed by atoms with Crippen LogP contribution in [-0.2, 0) is 10.3 Å². The first kappa shape index (κ1) is 30.8. The molecule has 1 aromatic heterocycles. The highest BCUT2D eigenvalue weighted by atomic mass is 19.4. The quantitative estimate of drug-likeness (QED) is 0.203. The molecule has 42 heavy (non-hydrogen) atoms. The third kappa shape index (κ3) is 6.82. The summed E-state index contributed by atoms with van der Waals surface area (Å²) in [5.41, 5.74) is -3.66. The van der Waals surface area contributed by atoms with Gasteiger partial charge in [-0.1, -0.05) is 18.2 Å². The van der Waals surface area contributed by atoms with Crippen molar-refractivity contribution in [1.29, 1.82) is 0 Å². The van der Waals surface area contributed by atoms with Gasteiger partial charge in [0.25, 0.3) is 5.91 Å². The number of benzene rings is 2. The van der Waals surface area contributed by atoms with Crippen molar-refractivity contribution in [3.8, 4) is 11.5 Å². The number of unbranched alkanes of at least 4 members (excludes halogenated alkanes) is 2. The van der Waals surface area contributed by atoms with E-state index in [1.165, 1.54) is 24.3 Å². The van der Waals surface area contributed by atoms with E-state index in [9.17, 15) is 31.1 Å². The lowest BCUT2D eigenvalue weighted by atomic mass is 9.76. The van der Waals surface area contributed by atoms with E-state index in [1.54, 1.807) is 6.92 Å². The summed E-state index contributed by atoms with van der Waals surface area (Å²) >= 11 is 0. The van der Waals surface area contributed by atoms with Crippen molar-refractivity contribution < 1.29 is 45.0 Å². The van der Waals surface area contributed by atoms with E-state index < -0.39 is 48.0 Å². The van der Waals surface area contributed by atoms with Gasteiger partial charge in [0.05, 0.1) is 18.8 Å². The van der Waals surface area contributed by atoms with Crippen LogP contribution in [0.1, 0.15) is 56.0 Å². The summed E-state index contributed by atoms with van der Waals surface area (Å²) < 4.78 is 107. The van der Waals surface area contributed by atoms with Gasteiger partial charge < -0.3 is 14.8 Å². The van der Waals surface area contributed by atoms with Crippen molar-refractivity contribution in [3.63, 3.8) is 0 Å². The summed E-state index contributed by atoms with van der Waals surface area (Å²) in [5.74, 6) is -2.41. The number of hydrogen-bond donors (Lipinski definition) is 2. The Balaban J connectivity index is 1.65. The van der Waals surface area contributed by atoms with Crippen LogP contribution in [0, 0.1) is 5.82 Å². The van der Waals surface area contributed by atoms with Crippen molar-refractivity contribution in [2.75, 3.05) is 13.2 Å².